The van der Waals surface area contributed by atoms with Gasteiger partial charge in [-0.2, -0.15) is 0 Å². The number of hydrogen-bond acceptors (Lipinski definition) is 4. The van der Waals surface area contributed by atoms with E-state index < -0.39 is 5.41 Å². The maximum absolute atomic E-state index is 12.3. The fourth-order valence-corrected chi connectivity index (χ4v) is 3.01. The minimum absolute atomic E-state index is 0.0523. The molecule has 0 radical (unpaired) electrons. The van der Waals surface area contributed by atoms with Crippen molar-refractivity contribution in [2.45, 2.75) is 51.6 Å². The van der Waals surface area contributed by atoms with Crippen molar-refractivity contribution in [2.24, 2.45) is 16.3 Å². The number of nitrogens with one attached hydrogen (secondary N) is 1. The van der Waals surface area contributed by atoms with Crippen molar-refractivity contribution in [3.8, 4) is 0 Å². The Balaban J connectivity index is 1.99. The Bertz CT molecular complexity index is 381. The van der Waals surface area contributed by atoms with Gasteiger partial charge in [-0.3, -0.25) is 9.69 Å². The van der Waals surface area contributed by atoms with Gasteiger partial charge in [0.2, 0.25) is 5.91 Å². The van der Waals surface area contributed by atoms with Gasteiger partial charge in [0.25, 0.3) is 0 Å². The number of amides is 1. The number of carbonyl (C=O) groups is 1. The molecule has 6 heteroatoms. The van der Waals surface area contributed by atoms with E-state index in [0.29, 0.717) is 6.04 Å². The number of nitrogens with two attached hydrogens (primary N) is 1. The normalized spacial score (nSPS) is 29.1. The molecule has 2 aliphatic heterocycles. The van der Waals surface area contributed by atoms with Crippen LogP contribution in [0.4, 0.5) is 0 Å². The maximum atomic E-state index is 12.3. The molecule has 6 nitrogen and oxygen atoms in total. The zero-order chi connectivity index (χ0) is 14.0. The zero-order valence-corrected chi connectivity index (χ0v) is 11.7. The molecule has 0 bridgehead atoms. The second kappa shape index (κ2) is 5.36. The van der Waals surface area contributed by atoms with Crippen LogP contribution in [-0.4, -0.2) is 47.0 Å². The third-order valence-electron chi connectivity index (χ3n) is 4.49. The molecule has 0 spiro atoms. The highest BCUT2D eigenvalue weighted by atomic mass is 16.4. The molecule has 2 saturated heterocycles. The Morgan fingerprint density at radius 2 is 2.11 bits per heavy atom. The summed E-state index contributed by atoms with van der Waals surface area (Å²) in [6.07, 6.45) is 4.63. The van der Waals surface area contributed by atoms with E-state index in [1.54, 1.807) is 13.8 Å². The molecule has 1 amide bonds. The standard InChI is InChI=1S/C13H24N4O2/c1-13(2,11(14)16-19)12(18)15-9-6-8-17-7-4-3-5-10(9)17/h9-10,19H,3-8H2,1-2H3,(H2,14,16)(H,15,18). The maximum Gasteiger partial charge on any atom is 0.233 e. The molecular formula is C13H24N4O2. The Morgan fingerprint density at radius 3 is 2.79 bits per heavy atom. The number of oxime groups is 1. The second-order valence-corrected chi connectivity index (χ2v) is 6.08. The summed E-state index contributed by atoms with van der Waals surface area (Å²) in [7, 11) is 0. The van der Waals surface area contributed by atoms with Crippen LogP contribution in [0.3, 0.4) is 0 Å². The van der Waals surface area contributed by atoms with E-state index in [1.807, 2.05) is 0 Å². The Kier molecular flexibility index (Phi) is 3.99. The third-order valence-corrected chi connectivity index (χ3v) is 4.49. The first-order valence-corrected chi connectivity index (χ1v) is 7.00. The average Bonchev–Trinajstić information content (AvgIpc) is 2.81. The fraction of sp³-hybridized carbons (Fsp3) is 0.846. The van der Waals surface area contributed by atoms with Crippen LogP contribution in [0, 0.1) is 5.41 Å². The average molecular weight is 268 g/mol. The van der Waals surface area contributed by atoms with Crippen molar-refractivity contribution in [1.82, 2.24) is 10.2 Å². The zero-order valence-electron chi connectivity index (χ0n) is 11.7. The monoisotopic (exact) mass is 268 g/mol. The molecule has 2 atom stereocenters. The molecule has 0 saturated carbocycles. The summed E-state index contributed by atoms with van der Waals surface area (Å²) in [5, 5.41) is 14.8. The van der Waals surface area contributed by atoms with Crippen molar-refractivity contribution in [3.05, 3.63) is 0 Å². The van der Waals surface area contributed by atoms with Crippen LogP contribution in [0.1, 0.15) is 39.5 Å². The molecule has 4 N–H and O–H groups in total. The van der Waals surface area contributed by atoms with Gasteiger partial charge in [0.1, 0.15) is 5.41 Å². The van der Waals surface area contributed by atoms with E-state index in [1.165, 1.54) is 12.8 Å². The molecule has 0 aromatic heterocycles. The van der Waals surface area contributed by atoms with Gasteiger partial charge < -0.3 is 16.3 Å². The number of hydrogen-bond donors (Lipinski definition) is 3. The van der Waals surface area contributed by atoms with E-state index in [4.69, 9.17) is 10.9 Å². The predicted molar refractivity (Wildman–Crippen MR) is 72.9 cm³/mol. The summed E-state index contributed by atoms with van der Waals surface area (Å²) in [5.74, 6) is -0.219. The van der Waals surface area contributed by atoms with E-state index in [-0.39, 0.29) is 17.8 Å². The summed E-state index contributed by atoms with van der Waals surface area (Å²) in [6.45, 7) is 5.54. The second-order valence-electron chi connectivity index (χ2n) is 6.08. The third kappa shape index (κ3) is 2.68. The van der Waals surface area contributed by atoms with Crippen molar-refractivity contribution >= 4 is 11.7 Å². The number of fused-ring (bicyclic) bond motifs is 1. The molecule has 2 heterocycles. The van der Waals surface area contributed by atoms with Gasteiger partial charge in [-0.05, 0) is 39.7 Å². The lowest BCUT2D eigenvalue weighted by Gasteiger charge is -2.33. The van der Waals surface area contributed by atoms with Gasteiger partial charge in [-0.15, -0.1) is 0 Å². The summed E-state index contributed by atoms with van der Waals surface area (Å²) < 4.78 is 0. The molecule has 0 aliphatic carbocycles. The topological polar surface area (TPSA) is 91.0 Å². The lowest BCUT2D eigenvalue weighted by atomic mass is 9.89. The van der Waals surface area contributed by atoms with Crippen LogP contribution >= 0.6 is 0 Å². The molecule has 0 aromatic rings. The summed E-state index contributed by atoms with van der Waals surface area (Å²) >= 11 is 0. The minimum Gasteiger partial charge on any atom is -0.409 e. The first-order valence-electron chi connectivity index (χ1n) is 7.00. The number of carbonyl (C=O) groups excluding carboxylic acids is 1. The van der Waals surface area contributed by atoms with E-state index in [2.05, 4.69) is 15.4 Å². The first kappa shape index (κ1) is 14.1. The summed E-state index contributed by atoms with van der Waals surface area (Å²) in [5.41, 5.74) is 4.61. The number of amidine groups is 1. The van der Waals surface area contributed by atoms with E-state index in [0.717, 1.165) is 25.9 Å². The van der Waals surface area contributed by atoms with Gasteiger partial charge in [0, 0.05) is 18.6 Å². The van der Waals surface area contributed by atoms with Crippen LogP contribution in [0.15, 0.2) is 5.16 Å². The van der Waals surface area contributed by atoms with Gasteiger partial charge >= 0.3 is 0 Å². The quantitative estimate of drug-likeness (QED) is 0.301. The highest BCUT2D eigenvalue weighted by Gasteiger charge is 2.40. The Hall–Kier alpha value is -1.30. The van der Waals surface area contributed by atoms with E-state index >= 15 is 0 Å². The van der Waals surface area contributed by atoms with Crippen molar-refractivity contribution < 1.29 is 10.0 Å². The Labute approximate surface area is 114 Å². The molecule has 2 fully saturated rings. The molecule has 2 rings (SSSR count). The smallest absolute Gasteiger partial charge is 0.233 e. The number of nitrogens with zero attached hydrogens (tertiary/aromatic N) is 2. The molecule has 0 aromatic carbocycles. The molecule has 19 heavy (non-hydrogen) atoms. The van der Waals surface area contributed by atoms with Crippen LogP contribution in [0.25, 0.3) is 0 Å². The molecular weight excluding hydrogens is 244 g/mol. The molecule has 2 aliphatic rings. The van der Waals surface area contributed by atoms with Gasteiger partial charge in [-0.1, -0.05) is 11.6 Å². The first-order chi connectivity index (χ1) is 8.96. The predicted octanol–water partition coefficient (Wildman–Crippen LogP) is 0.502. The van der Waals surface area contributed by atoms with Crippen LogP contribution in [0.2, 0.25) is 0 Å². The summed E-state index contributed by atoms with van der Waals surface area (Å²) in [6, 6.07) is 0.652. The minimum atomic E-state index is -0.975. The number of rotatable bonds is 3. The SMILES string of the molecule is CC(C)(C(=O)NC1CCN2CCCCC12)C(N)=NO. The van der Waals surface area contributed by atoms with Gasteiger partial charge in [-0.25, -0.2) is 0 Å². The van der Waals surface area contributed by atoms with Crippen LogP contribution in [-0.2, 0) is 4.79 Å². The number of piperidine rings is 1. The largest absolute Gasteiger partial charge is 0.409 e. The van der Waals surface area contributed by atoms with Crippen molar-refractivity contribution in [2.75, 3.05) is 13.1 Å². The van der Waals surface area contributed by atoms with E-state index in [9.17, 15) is 4.79 Å². The van der Waals surface area contributed by atoms with Crippen molar-refractivity contribution in [1.29, 1.82) is 0 Å². The Morgan fingerprint density at radius 1 is 1.37 bits per heavy atom. The highest BCUT2D eigenvalue weighted by Crippen LogP contribution is 2.28. The van der Waals surface area contributed by atoms with Crippen LogP contribution in [0.5, 0.6) is 0 Å². The lowest BCUT2D eigenvalue weighted by molar-refractivity contribution is -0.127. The fourth-order valence-electron chi connectivity index (χ4n) is 3.01. The lowest BCUT2D eigenvalue weighted by Crippen LogP contribution is -2.53. The highest BCUT2D eigenvalue weighted by molar-refractivity contribution is 6.06. The molecule has 108 valence electrons. The van der Waals surface area contributed by atoms with Gasteiger partial charge in [0.05, 0.1) is 0 Å². The van der Waals surface area contributed by atoms with Gasteiger partial charge in [0.15, 0.2) is 5.84 Å². The van der Waals surface area contributed by atoms with Crippen LogP contribution < -0.4 is 11.1 Å². The van der Waals surface area contributed by atoms with Crippen molar-refractivity contribution in [3.63, 3.8) is 0 Å². The summed E-state index contributed by atoms with van der Waals surface area (Å²) in [4.78, 5) is 14.8. The molecule has 2 unspecified atom stereocenters.